The molecule has 1 aliphatic rings. The molecule has 9 nitrogen and oxygen atoms in total. The van der Waals surface area contributed by atoms with Crippen molar-refractivity contribution in [3.05, 3.63) is 83.4 Å². The Bertz CT molecular complexity index is 1680. The fourth-order valence-electron chi connectivity index (χ4n) is 4.78. The molecule has 5 rings (SSSR count). The lowest BCUT2D eigenvalue weighted by molar-refractivity contribution is 0.0699. The van der Waals surface area contributed by atoms with Crippen LogP contribution in [0.2, 0.25) is 0 Å². The first-order valence-electron chi connectivity index (χ1n) is 12.6. The number of anilines is 3. The summed E-state index contributed by atoms with van der Waals surface area (Å²) in [5, 5.41) is 10.4. The number of ether oxygens (including phenoxy) is 1. The molecule has 0 saturated carbocycles. The van der Waals surface area contributed by atoms with Crippen LogP contribution in [0.1, 0.15) is 21.5 Å². The number of aromatic carboxylic acids is 1. The van der Waals surface area contributed by atoms with Gasteiger partial charge in [0, 0.05) is 37.3 Å². The van der Waals surface area contributed by atoms with E-state index in [1.807, 2.05) is 38.1 Å². The standard InChI is InChI=1S/C29H30N4O5S.3ClH/c1-19-8-10-22(16-20(19)2)39(36,37)31-21-9-11-25-23(17-21)24(29(34)35)18-28(30-25)33-14-12-32(13-15-33)26-6-4-5-7-27(26)38-3;;;/h4-11,16-18,31H,12-15H2,1-3H3,(H,34,35);3*1H. The minimum absolute atomic E-state index is 0. The Morgan fingerprint density at radius 1 is 0.881 bits per heavy atom. The maximum absolute atomic E-state index is 13.0. The molecule has 0 aliphatic carbocycles. The number of carbonyl (C=O) groups is 1. The SMILES string of the molecule is COc1ccccc1N1CCN(c2cc(C(=O)O)c3cc(NS(=O)(=O)c4ccc(C)c(C)c4)ccc3n2)CC1.Cl.Cl.Cl. The van der Waals surface area contributed by atoms with Gasteiger partial charge in [0.25, 0.3) is 10.0 Å². The van der Waals surface area contributed by atoms with E-state index in [0.717, 1.165) is 35.7 Å². The van der Waals surface area contributed by atoms with Gasteiger partial charge in [-0.2, -0.15) is 0 Å². The first-order chi connectivity index (χ1) is 18.7. The Kier molecular flexibility index (Phi) is 11.7. The third-order valence-electron chi connectivity index (χ3n) is 7.10. The molecule has 2 heterocycles. The van der Waals surface area contributed by atoms with Crippen LogP contribution in [-0.2, 0) is 10.0 Å². The summed E-state index contributed by atoms with van der Waals surface area (Å²) in [5.41, 5.74) is 3.69. The van der Waals surface area contributed by atoms with Crippen LogP contribution in [0.15, 0.2) is 71.6 Å². The zero-order chi connectivity index (χ0) is 27.7. The second kappa shape index (κ2) is 14.2. The molecule has 13 heteroatoms. The Morgan fingerprint density at radius 2 is 1.55 bits per heavy atom. The Labute approximate surface area is 264 Å². The zero-order valence-corrected chi connectivity index (χ0v) is 26.5. The van der Waals surface area contributed by atoms with Crippen molar-refractivity contribution in [3.8, 4) is 5.75 Å². The summed E-state index contributed by atoms with van der Waals surface area (Å²) in [5.74, 6) is 0.278. The Hall–Kier alpha value is -3.44. The summed E-state index contributed by atoms with van der Waals surface area (Å²) in [4.78, 5) is 21.4. The van der Waals surface area contributed by atoms with E-state index < -0.39 is 16.0 Å². The number of para-hydroxylation sites is 2. The van der Waals surface area contributed by atoms with Crippen LogP contribution in [0.3, 0.4) is 0 Å². The number of hydrogen-bond donors (Lipinski definition) is 2. The van der Waals surface area contributed by atoms with Crippen LogP contribution in [-0.4, -0.2) is 57.8 Å². The highest BCUT2D eigenvalue weighted by atomic mass is 35.5. The number of aromatic nitrogens is 1. The molecule has 42 heavy (non-hydrogen) atoms. The third kappa shape index (κ3) is 7.12. The Morgan fingerprint density at radius 3 is 2.19 bits per heavy atom. The van der Waals surface area contributed by atoms with Gasteiger partial charge in [-0.15, -0.1) is 37.2 Å². The van der Waals surface area contributed by atoms with Gasteiger partial charge in [-0.1, -0.05) is 18.2 Å². The molecule has 226 valence electrons. The maximum atomic E-state index is 13.0. The van der Waals surface area contributed by atoms with Gasteiger partial charge in [-0.05, 0) is 73.5 Å². The van der Waals surface area contributed by atoms with Gasteiger partial charge in [0.2, 0.25) is 0 Å². The highest BCUT2D eigenvalue weighted by molar-refractivity contribution is 7.92. The number of halogens is 3. The zero-order valence-electron chi connectivity index (χ0n) is 23.2. The minimum Gasteiger partial charge on any atom is -0.495 e. The van der Waals surface area contributed by atoms with Gasteiger partial charge < -0.3 is 19.6 Å². The molecule has 0 atom stereocenters. The molecule has 2 N–H and O–H groups in total. The van der Waals surface area contributed by atoms with Crippen LogP contribution in [0.5, 0.6) is 5.75 Å². The van der Waals surface area contributed by atoms with Crippen LogP contribution < -0.4 is 19.3 Å². The highest BCUT2D eigenvalue weighted by Crippen LogP contribution is 2.31. The normalized spacial score (nSPS) is 12.9. The van der Waals surface area contributed by atoms with E-state index in [2.05, 4.69) is 14.5 Å². The molecule has 0 spiro atoms. The van der Waals surface area contributed by atoms with Crippen molar-refractivity contribution in [2.75, 3.05) is 47.8 Å². The fraction of sp³-hybridized carbons (Fsp3) is 0.241. The first kappa shape index (κ1) is 34.8. The number of nitrogens with zero attached hydrogens (tertiary/aromatic N) is 3. The average Bonchev–Trinajstić information content (AvgIpc) is 2.93. The lowest BCUT2D eigenvalue weighted by Gasteiger charge is -2.37. The average molecular weight is 656 g/mol. The number of carboxylic acid groups (broad SMARTS) is 1. The van der Waals surface area contributed by atoms with E-state index in [1.165, 1.54) is 6.07 Å². The molecule has 1 saturated heterocycles. The summed E-state index contributed by atoms with van der Waals surface area (Å²) in [6.07, 6.45) is 0. The monoisotopic (exact) mass is 654 g/mol. The number of fused-ring (bicyclic) bond motifs is 1. The van der Waals surface area contributed by atoms with Crippen LogP contribution in [0.4, 0.5) is 17.2 Å². The number of nitrogens with one attached hydrogen (secondary N) is 1. The van der Waals surface area contributed by atoms with Crippen molar-refractivity contribution in [2.45, 2.75) is 18.7 Å². The molecule has 3 aromatic carbocycles. The highest BCUT2D eigenvalue weighted by Gasteiger charge is 2.23. The predicted molar refractivity (Wildman–Crippen MR) is 175 cm³/mol. The van der Waals surface area contributed by atoms with Gasteiger partial charge in [-0.3, -0.25) is 4.72 Å². The van der Waals surface area contributed by atoms with Gasteiger partial charge in [0.1, 0.15) is 11.6 Å². The number of rotatable bonds is 7. The fourth-order valence-corrected chi connectivity index (χ4v) is 5.91. The number of carboxylic acids is 1. The van der Waals surface area contributed by atoms with Crippen molar-refractivity contribution < 1.29 is 23.1 Å². The molecule has 0 bridgehead atoms. The maximum Gasteiger partial charge on any atom is 0.336 e. The second-order valence-electron chi connectivity index (χ2n) is 9.56. The number of sulfonamides is 1. The van der Waals surface area contributed by atoms with Crippen molar-refractivity contribution in [1.82, 2.24) is 4.98 Å². The molecular formula is C29H33Cl3N4O5S. The largest absolute Gasteiger partial charge is 0.495 e. The van der Waals surface area contributed by atoms with Crippen LogP contribution >= 0.6 is 37.2 Å². The molecule has 1 fully saturated rings. The lowest BCUT2D eigenvalue weighted by Crippen LogP contribution is -2.47. The molecule has 0 amide bonds. The van der Waals surface area contributed by atoms with Crippen molar-refractivity contribution >= 4 is 81.3 Å². The predicted octanol–water partition coefficient (Wildman–Crippen LogP) is 5.95. The summed E-state index contributed by atoms with van der Waals surface area (Å²) in [6, 6.07) is 19.1. The number of aryl methyl sites for hydroxylation is 2. The van der Waals surface area contributed by atoms with E-state index in [1.54, 1.807) is 43.5 Å². The molecule has 4 aromatic rings. The Balaban J connectivity index is 0.00000205. The lowest BCUT2D eigenvalue weighted by atomic mass is 10.1. The van der Waals surface area contributed by atoms with Gasteiger partial charge in [0.15, 0.2) is 0 Å². The van der Waals surface area contributed by atoms with Crippen LogP contribution in [0, 0.1) is 13.8 Å². The molecule has 0 unspecified atom stereocenters. The van der Waals surface area contributed by atoms with E-state index >= 15 is 0 Å². The summed E-state index contributed by atoms with van der Waals surface area (Å²) in [7, 11) is -2.20. The van der Waals surface area contributed by atoms with E-state index in [4.69, 9.17) is 9.72 Å². The molecule has 1 aromatic heterocycles. The number of pyridine rings is 1. The van der Waals surface area contributed by atoms with Crippen LogP contribution in [0.25, 0.3) is 10.9 Å². The molecular weight excluding hydrogens is 623 g/mol. The summed E-state index contributed by atoms with van der Waals surface area (Å²) in [6.45, 7) is 6.53. The topological polar surface area (TPSA) is 112 Å². The van der Waals surface area contributed by atoms with E-state index in [-0.39, 0.29) is 53.4 Å². The quantitative estimate of drug-likeness (QED) is 0.251. The smallest absolute Gasteiger partial charge is 0.336 e. The van der Waals surface area contributed by atoms with Gasteiger partial charge >= 0.3 is 5.97 Å². The number of piperazine rings is 1. The van der Waals surface area contributed by atoms with Gasteiger partial charge in [0.05, 0.1) is 28.8 Å². The molecule has 1 aliphatic heterocycles. The number of benzene rings is 3. The summed E-state index contributed by atoms with van der Waals surface area (Å²) < 4.78 is 34.0. The number of hydrogen-bond acceptors (Lipinski definition) is 7. The third-order valence-corrected chi connectivity index (χ3v) is 8.47. The second-order valence-corrected chi connectivity index (χ2v) is 11.2. The van der Waals surface area contributed by atoms with E-state index in [9.17, 15) is 18.3 Å². The van der Waals surface area contributed by atoms with Crippen molar-refractivity contribution in [2.24, 2.45) is 0 Å². The number of methoxy groups -OCH3 is 1. The minimum atomic E-state index is -3.85. The van der Waals surface area contributed by atoms with E-state index in [0.29, 0.717) is 29.8 Å². The van der Waals surface area contributed by atoms with Crippen molar-refractivity contribution in [3.63, 3.8) is 0 Å². The first-order valence-corrected chi connectivity index (χ1v) is 14.1. The summed E-state index contributed by atoms with van der Waals surface area (Å²) >= 11 is 0. The molecule has 0 radical (unpaired) electrons. The van der Waals surface area contributed by atoms with Gasteiger partial charge in [-0.25, -0.2) is 18.2 Å². The van der Waals surface area contributed by atoms with Crippen molar-refractivity contribution in [1.29, 1.82) is 0 Å².